The molecule has 1 aromatic heterocycles. The van der Waals surface area contributed by atoms with Crippen LogP contribution in [0, 0.1) is 0 Å². The highest BCUT2D eigenvalue weighted by Gasteiger charge is 2.37. The summed E-state index contributed by atoms with van der Waals surface area (Å²) in [5.41, 5.74) is 3.04. The quantitative estimate of drug-likeness (QED) is 0.277. The van der Waals surface area contributed by atoms with E-state index in [0.29, 0.717) is 33.6 Å². The Morgan fingerprint density at radius 2 is 1.63 bits per heavy atom. The van der Waals surface area contributed by atoms with Crippen LogP contribution >= 0.6 is 0 Å². The molecular weight excluding hydrogens is 518 g/mol. The number of aromatic nitrogens is 3. The summed E-state index contributed by atoms with van der Waals surface area (Å²) in [5, 5.41) is 11.7. The standard InChI is InChI=1S/C32H35N5O4/c1-21(37-29-12-8-7-11-28(29)34-35-37)32(40)36(26-17-13-23(14-18-26)22(2)38)30(24-15-19-27(41-3)20-16-24)31(39)33-25-9-5-4-6-10-25/h7-8,11-21,25,30H,4-6,9-10H2,1-3H3,(H,33,39)/t21-,30+/m0/s1. The normalized spacial score (nSPS) is 15.2. The molecule has 9 nitrogen and oxygen atoms in total. The molecule has 1 fully saturated rings. The number of para-hydroxylation sites is 1. The molecule has 0 spiro atoms. The van der Waals surface area contributed by atoms with Crippen molar-refractivity contribution in [3.63, 3.8) is 0 Å². The molecule has 0 radical (unpaired) electrons. The summed E-state index contributed by atoms with van der Waals surface area (Å²) in [6, 6.07) is 19.7. The lowest BCUT2D eigenvalue weighted by atomic mass is 9.94. The number of methoxy groups -OCH3 is 1. The predicted molar refractivity (Wildman–Crippen MR) is 157 cm³/mol. The first kappa shape index (κ1) is 28.0. The van der Waals surface area contributed by atoms with Gasteiger partial charge in [-0.15, -0.1) is 5.10 Å². The lowest BCUT2D eigenvalue weighted by molar-refractivity contribution is -0.128. The number of hydrogen-bond acceptors (Lipinski definition) is 6. The highest BCUT2D eigenvalue weighted by Crippen LogP contribution is 2.33. The number of carbonyl (C=O) groups is 3. The third-order valence-electron chi connectivity index (χ3n) is 7.78. The topological polar surface area (TPSA) is 106 Å². The van der Waals surface area contributed by atoms with Crippen LogP contribution in [0.3, 0.4) is 0 Å². The number of ketones is 1. The number of Topliss-reactive ketones (excluding diaryl/α,β-unsaturated/α-hetero) is 1. The fourth-order valence-electron chi connectivity index (χ4n) is 5.47. The van der Waals surface area contributed by atoms with Crippen molar-refractivity contribution in [2.75, 3.05) is 12.0 Å². The van der Waals surface area contributed by atoms with Gasteiger partial charge in [0, 0.05) is 17.3 Å². The van der Waals surface area contributed by atoms with Gasteiger partial charge in [0.1, 0.15) is 23.3 Å². The number of hydrogen-bond donors (Lipinski definition) is 1. The summed E-state index contributed by atoms with van der Waals surface area (Å²) >= 11 is 0. The van der Waals surface area contributed by atoms with Crippen molar-refractivity contribution in [3.05, 3.63) is 83.9 Å². The van der Waals surface area contributed by atoms with E-state index in [1.54, 1.807) is 55.1 Å². The first-order valence-electron chi connectivity index (χ1n) is 14.1. The minimum Gasteiger partial charge on any atom is -0.497 e. The molecule has 1 N–H and O–H groups in total. The summed E-state index contributed by atoms with van der Waals surface area (Å²) in [5.74, 6) is -0.0393. The van der Waals surface area contributed by atoms with E-state index >= 15 is 0 Å². The van der Waals surface area contributed by atoms with Crippen LogP contribution in [0.25, 0.3) is 11.0 Å². The number of nitrogens with one attached hydrogen (secondary N) is 1. The Morgan fingerprint density at radius 1 is 0.951 bits per heavy atom. The molecule has 1 heterocycles. The summed E-state index contributed by atoms with van der Waals surface area (Å²) in [4.78, 5) is 42.2. The van der Waals surface area contributed by atoms with Crippen molar-refractivity contribution in [2.45, 2.75) is 64.1 Å². The minimum absolute atomic E-state index is 0.0470. The van der Waals surface area contributed by atoms with Crippen LogP contribution in [-0.4, -0.2) is 45.7 Å². The molecule has 2 amide bonds. The molecule has 0 unspecified atom stereocenters. The van der Waals surface area contributed by atoms with Gasteiger partial charge in [-0.3, -0.25) is 19.3 Å². The van der Waals surface area contributed by atoms with Gasteiger partial charge >= 0.3 is 0 Å². The van der Waals surface area contributed by atoms with E-state index in [1.807, 2.05) is 36.4 Å². The molecule has 0 bridgehead atoms. The number of anilines is 1. The lowest BCUT2D eigenvalue weighted by Gasteiger charge is -2.35. The van der Waals surface area contributed by atoms with E-state index in [4.69, 9.17) is 4.74 Å². The van der Waals surface area contributed by atoms with Crippen LogP contribution in [0.4, 0.5) is 5.69 Å². The van der Waals surface area contributed by atoms with E-state index < -0.39 is 12.1 Å². The van der Waals surface area contributed by atoms with E-state index in [2.05, 4.69) is 15.6 Å². The Labute approximate surface area is 239 Å². The second kappa shape index (κ2) is 12.3. The summed E-state index contributed by atoms with van der Waals surface area (Å²) in [6.07, 6.45) is 5.09. The average Bonchev–Trinajstić information content (AvgIpc) is 3.44. The zero-order valence-electron chi connectivity index (χ0n) is 23.6. The van der Waals surface area contributed by atoms with Gasteiger partial charge in [-0.25, -0.2) is 4.68 Å². The third-order valence-corrected chi connectivity index (χ3v) is 7.78. The molecule has 9 heteroatoms. The van der Waals surface area contributed by atoms with Crippen LogP contribution < -0.4 is 15.0 Å². The second-order valence-electron chi connectivity index (χ2n) is 10.5. The van der Waals surface area contributed by atoms with Crippen LogP contribution in [0.2, 0.25) is 0 Å². The smallest absolute Gasteiger partial charge is 0.252 e. The van der Waals surface area contributed by atoms with Gasteiger partial charge in [0.15, 0.2) is 5.78 Å². The number of ether oxygens (including phenoxy) is 1. The van der Waals surface area contributed by atoms with Crippen molar-refractivity contribution in [3.8, 4) is 5.75 Å². The monoisotopic (exact) mass is 553 g/mol. The van der Waals surface area contributed by atoms with Crippen molar-refractivity contribution in [1.82, 2.24) is 20.3 Å². The highest BCUT2D eigenvalue weighted by atomic mass is 16.5. The van der Waals surface area contributed by atoms with Gasteiger partial charge in [-0.2, -0.15) is 0 Å². The van der Waals surface area contributed by atoms with Crippen LogP contribution in [0.1, 0.15) is 74.0 Å². The summed E-state index contributed by atoms with van der Waals surface area (Å²) in [6.45, 7) is 3.25. The van der Waals surface area contributed by atoms with Crippen molar-refractivity contribution >= 4 is 34.3 Å². The molecule has 212 valence electrons. The minimum atomic E-state index is -0.976. The Kier molecular flexibility index (Phi) is 8.42. The molecule has 41 heavy (non-hydrogen) atoms. The van der Waals surface area contributed by atoms with E-state index in [-0.39, 0.29) is 23.6 Å². The first-order chi connectivity index (χ1) is 19.9. The van der Waals surface area contributed by atoms with Gasteiger partial charge in [0.05, 0.1) is 12.6 Å². The van der Waals surface area contributed by atoms with Gasteiger partial charge in [-0.1, -0.05) is 48.7 Å². The number of rotatable bonds is 9. The van der Waals surface area contributed by atoms with Crippen LogP contribution in [0.15, 0.2) is 72.8 Å². The summed E-state index contributed by atoms with van der Waals surface area (Å²) in [7, 11) is 1.58. The molecule has 4 aromatic rings. The molecule has 1 aliphatic carbocycles. The van der Waals surface area contributed by atoms with Gasteiger partial charge in [-0.05, 0) is 80.8 Å². The maximum Gasteiger partial charge on any atom is 0.252 e. The summed E-state index contributed by atoms with van der Waals surface area (Å²) < 4.78 is 6.94. The highest BCUT2D eigenvalue weighted by molar-refractivity contribution is 6.04. The SMILES string of the molecule is COc1ccc([C@H](C(=O)NC2CCCCC2)N(C(=O)[C@H](C)n2nnc3ccccc32)c2ccc(C(C)=O)cc2)cc1. The maximum atomic E-state index is 14.5. The lowest BCUT2D eigenvalue weighted by Crippen LogP contribution is -2.49. The zero-order valence-corrected chi connectivity index (χ0v) is 23.6. The molecule has 0 saturated heterocycles. The largest absolute Gasteiger partial charge is 0.497 e. The first-order valence-corrected chi connectivity index (χ1v) is 14.1. The van der Waals surface area contributed by atoms with Gasteiger partial charge < -0.3 is 10.1 Å². The van der Waals surface area contributed by atoms with E-state index in [0.717, 1.165) is 32.1 Å². The molecular formula is C32H35N5O4. The van der Waals surface area contributed by atoms with Crippen molar-refractivity contribution in [2.24, 2.45) is 0 Å². The second-order valence-corrected chi connectivity index (χ2v) is 10.5. The van der Waals surface area contributed by atoms with Gasteiger partial charge in [0.25, 0.3) is 5.91 Å². The third kappa shape index (κ3) is 5.99. The van der Waals surface area contributed by atoms with E-state index in [9.17, 15) is 14.4 Å². The van der Waals surface area contributed by atoms with Gasteiger partial charge in [0.2, 0.25) is 5.91 Å². The molecule has 1 aliphatic rings. The number of carbonyl (C=O) groups excluding carboxylic acids is 3. The number of nitrogens with zero attached hydrogens (tertiary/aromatic N) is 4. The molecule has 2 atom stereocenters. The molecule has 0 aliphatic heterocycles. The molecule has 1 saturated carbocycles. The Hall–Kier alpha value is -4.53. The average molecular weight is 554 g/mol. The zero-order chi connectivity index (χ0) is 28.9. The fourth-order valence-corrected chi connectivity index (χ4v) is 5.47. The number of benzene rings is 3. The predicted octanol–water partition coefficient (Wildman–Crippen LogP) is 5.43. The molecule has 5 rings (SSSR count). The maximum absolute atomic E-state index is 14.5. The van der Waals surface area contributed by atoms with Crippen molar-refractivity contribution in [1.29, 1.82) is 0 Å². The Bertz CT molecular complexity index is 1520. The van der Waals surface area contributed by atoms with Crippen LogP contribution in [0.5, 0.6) is 5.75 Å². The number of fused-ring (bicyclic) bond motifs is 1. The van der Waals surface area contributed by atoms with E-state index in [1.165, 1.54) is 11.8 Å². The Balaban J connectivity index is 1.61. The van der Waals surface area contributed by atoms with Crippen molar-refractivity contribution < 1.29 is 19.1 Å². The Morgan fingerprint density at radius 3 is 2.29 bits per heavy atom. The van der Waals surface area contributed by atoms with Crippen LogP contribution in [-0.2, 0) is 9.59 Å². The fraction of sp³-hybridized carbons (Fsp3) is 0.344. The number of amides is 2. The molecule has 3 aromatic carbocycles.